The van der Waals surface area contributed by atoms with Gasteiger partial charge >= 0.3 is 11.9 Å². The Bertz CT molecular complexity index is 915. The number of fused-ring (bicyclic) bond motifs is 1. The summed E-state index contributed by atoms with van der Waals surface area (Å²) in [6, 6.07) is 6.17. The molecule has 1 heterocycles. The summed E-state index contributed by atoms with van der Waals surface area (Å²) in [6.07, 6.45) is 5.93. The third-order valence-corrected chi connectivity index (χ3v) is 8.60. The Hall–Kier alpha value is -2.20. The fraction of sp³-hybridized carbons (Fsp3) is 0.680. The molecule has 9 nitrogen and oxygen atoms in total. The Labute approximate surface area is 198 Å². The molecule has 4 aliphatic rings. The van der Waals surface area contributed by atoms with E-state index in [-0.39, 0.29) is 11.5 Å². The number of nitrogens with zero attached hydrogens (tertiary/aromatic N) is 1. The summed E-state index contributed by atoms with van der Waals surface area (Å²) in [7, 11) is 0. The average molecular weight is 478 g/mol. The van der Waals surface area contributed by atoms with Crippen molar-refractivity contribution in [2.24, 2.45) is 5.92 Å². The zero-order valence-corrected chi connectivity index (χ0v) is 19.3. The van der Waals surface area contributed by atoms with E-state index in [1.807, 2.05) is 12.1 Å². The Kier molecular flexibility index (Phi) is 6.92. The summed E-state index contributed by atoms with van der Waals surface area (Å²) in [4.78, 5) is 22.2. The van der Waals surface area contributed by atoms with Crippen LogP contribution in [0.2, 0.25) is 0 Å². The number of hydrogen-bond donors (Lipinski definition) is 6. The maximum atomic E-state index is 11.9. The maximum absolute atomic E-state index is 11.9. The molecule has 0 amide bonds. The maximum Gasteiger partial charge on any atom is 0.335 e. The minimum absolute atomic E-state index is 0.127. The molecule has 0 unspecified atom stereocenters. The minimum atomic E-state index is -2.27. The first kappa shape index (κ1) is 24.9. The second kappa shape index (κ2) is 9.45. The van der Waals surface area contributed by atoms with Crippen molar-refractivity contribution in [2.75, 3.05) is 13.1 Å². The molecule has 1 aromatic carbocycles. The highest BCUT2D eigenvalue weighted by Crippen LogP contribution is 2.58. The van der Waals surface area contributed by atoms with Crippen molar-refractivity contribution in [3.8, 4) is 5.75 Å². The predicted octanol–water partition coefficient (Wildman–Crippen LogP) is 1.24. The molecule has 5 atom stereocenters. The van der Waals surface area contributed by atoms with Crippen LogP contribution in [0.3, 0.4) is 0 Å². The summed E-state index contributed by atoms with van der Waals surface area (Å²) < 4.78 is 0. The summed E-state index contributed by atoms with van der Waals surface area (Å²) in [5, 5.41) is 54.6. The lowest BCUT2D eigenvalue weighted by Crippen LogP contribution is -2.72. The van der Waals surface area contributed by atoms with Crippen molar-refractivity contribution in [3.63, 3.8) is 0 Å². The molecule has 1 saturated heterocycles. The number of carboxylic acid groups (broad SMARTS) is 2. The van der Waals surface area contributed by atoms with Gasteiger partial charge in [0.1, 0.15) is 5.75 Å². The van der Waals surface area contributed by atoms with Gasteiger partial charge in [0.2, 0.25) is 0 Å². The van der Waals surface area contributed by atoms with Crippen molar-refractivity contribution >= 4 is 11.9 Å². The Balaban J connectivity index is 0.000000235. The molecule has 0 spiro atoms. The van der Waals surface area contributed by atoms with E-state index in [0.717, 1.165) is 44.6 Å². The van der Waals surface area contributed by atoms with E-state index >= 15 is 0 Å². The molecule has 5 rings (SSSR count). The standard InChI is InChI=1S/C21H29NO2.C4H6O6/c23-17-7-6-16-12-19-21(24)9-2-1-8-20(21,18(16)13-17)10-11-22(19)14-15-4-3-5-15;5-1(3(7)8)2(6)4(9)10/h6-7,13,15,19,23-24H,1-5,8-12,14H2;1-2,5-6H,(H,7,8)(H,9,10)/t19-,20-,21+;1-,2-/m00/s1. The van der Waals surface area contributed by atoms with Gasteiger partial charge in [0.05, 0.1) is 5.60 Å². The van der Waals surface area contributed by atoms with Crippen molar-refractivity contribution in [2.45, 2.75) is 87.1 Å². The van der Waals surface area contributed by atoms with E-state index in [1.54, 1.807) is 0 Å². The van der Waals surface area contributed by atoms with E-state index in [9.17, 15) is 19.8 Å². The van der Waals surface area contributed by atoms with Gasteiger partial charge in [-0.1, -0.05) is 25.3 Å². The zero-order chi connectivity index (χ0) is 24.7. The van der Waals surface area contributed by atoms with Gasteiger partial charge in [-0.2, -0.15) is 0 Å². The van der Waals surface area contributed by atoms with Crippen molar-refractivity contribution in [1.29, 1.82) is 0 Å². The monoisotopic (exact) mass is 477 g/mol. The van der Waals surface area contributed by atoms with Crippen LogP contribution in [0.25, 0.3) is 0 Å². The minimum Gasteiger partial charge on any atom is -0.508 e. The number of phenolic OH excluding ortho intramolecular Hbond substituents is 1. The van der Waals surface area contributed by atoms with Gasteiger partial charge in [-0.25, -0.2) is 9.59 Å². The molecular weight excluding hydrogens is 442 g/mol. The number of aliphatic hydroxyl groups excluding tert-OH is 2. The van der Waals surface area contributed by atoms with E-state index in [0.29, 0.717) is 5.75 Å². The quantitative estimate of drug-likeness (QED) is 0.367. The van der Waals surface area contributed by atoms with Crippen LogP contribution >= 0.6 is 0 Å². The molecule has 1 aromatic rings. The van der Waals surface area contributed by atoms with Gasteiger partial charge in [-0.05, 0) is 74.2 Å². The van der Waals surface area contributed by atoms with Crippen molar-refractivity contribution in [3.05, 3.63) is 29.3 Å². The number of carbonyl (C=O) groups is 2. The van der Waals surface area contributed by atoms with Crippen LogP contribution in [0, 0.1) is 5.92 Å². The molecule has 0 radical (unpaired) electrons. The summed E-state index contributed by atoms with van der Waals surface area (Å²) in [5.41, 5.74) is 1.89. The topological polar surface area (TPSA) is 159 Å². The van der Waals surface area contributed by atoms with Gasteiger partial charge in [-0.3, -0.25) is 4.90 Å². The van der Waals surface area contributed by atoms with Crippen LogP contribution in [0.15, 0.2) is 18.2 Å². The summed E-state index contributed by atoms with van der Waals surface area (Å²) in [5.74, 6) is -2.33. The predicted molar refractivity (Wildman–Crippen MR) is 122 cm³/mol. The fourth-order valence-electron chi connectivity index (χ4n) is 6.59. The lowest BCUT2D eigenvalue weighted by atomic mass is 9.49. The molecule has 2 bridgehead atoms. The fourth-order valence-corrected chi connectivity index (χ4v) is 6.59. The second-order valence-corrected chi connectivity index (χ2v) is 10.4. The third-order valence-electron chi connectivity index (χ3n) is 8.60. The van der Waals surface area contributed by atoms with Crippen molar-refractivity contribution in [1.82, 2.24) is 4.90 Å². The lowest BCUT2D eigenvalue weighted by Gasteiger charge is -2.64. The highest BCUT2D eigenvalue weighted by molar-refractivity contribution is 5.83. The number of piperidine rings is 1. The number of rotatable bonds is 5. The van der Waals surface area contributed by atoms with Gasteiger partial charge in [0, 0.05) is 18.0 Å². The number of hydrogen-bond acceptors (Lipinski definition) is 7. The largest absolute Gasteiger partial charge is 0.508 e. The number of aliphatic hydroxyl groups is 3. The van der Waals surface area contributed by atoms with Gasteiger partial charge in [0.25, 0.3) is 0 Å². The van der Waals surface area contributed by atoms with Crippen molar-refractivity contribution < 1.29 is 40.2 Å². The van der Waals surface area contributed by atoms with E-state index in [1.165, 1.54) is 43.4 Å². The molecule has 188 valence electrons. The summed E-state index contributed by atoms with van der Waals surface area (Å²) in [6.45, 7) is 2.29. The molecule has 9 heteroatoms. The summed E-state index contributed by atoms with van der Waals surface area (Å²) >= 11 is 0. The number of aromatic hydroxyl groups is 1. The van der Waals surface area contributed by atoms with Crippen LogP contribution in [-0.4, -0.2) is 84.4 Å². The van der Waals surface area contributed by atoms with Crippen LogP contribution in [0.5, 0.6) is 5.75 Å². The SMILES string of the molecule is O=C(O)[C@@H](O)[C@H](O)C(=O)O.Oc1ccc2c(c1)[C@@]13CCCC[C@@]1(O)[C@H](C2)N(CC1CCC1)CC3. The van der Waals surface area contributed by atoms with Crippen LogP contribution in [0.4, 0.5) is 0 Å². The van der Waals surface area contributed by atoms with Crippen LogP contribution < -0.4 is 0 Å². The molecule has 34 heavy (non-hydrogen) atoms. The molecule has 6 N–H and O–H groups in total. The Morgan fingerprint density at radius 3 is 2.24 bits per heavy atom. The van der Waals surface area contributed by atoms with Crippen LogP contribution in [-0.2, 0) is 21.4 Å². The molecule has 0 aromatic heterocycles. The third kappa shape index (κ3) is 4.19. The molecule has 1 aliphatic heterocycles. The molecular formula is C25H35NO8. The second-order valence-electron chi connectivity index (χ2n) is 10.4. The van der Waals surface area contributed by atoms with Gasteiger partial charge in [0.15, 0.2) is 12.2 Å². The first-order valence-electron chi connectivity index (χ1n) is 12.2. The van der Waals surface area contributed by atoms with E-state index in [2.05, 4.69) is 11.0 Å². The highest BCUT2D eigenvalue weighted by Gasteiger charge is 2.63. The number of aliphatic carboxylic acids is 2. The van der Waals surface area contributed by atoms with E-state index < -0.39 is 29.7 Å². The van der Waals surface area contributed by atoms with E-state index in [4.69, 9.17) is 20.4 Å². The number of carboxylic acids is 2. The molecule has 3 fully saturated rings. The normalized spacial score (nSPS) is 32.1. The number of phenols is 1. The highest BCUT2D eigenvalue weighted by atomic mass is 16.4. The number of benzene rings is 1. The molecule has 3 aliphatic carbocycles. The first-order chi connectivity index (χ1) is 16.1. The van der Waals surface area contributed by atoms with Gasteiger partial charge < -0.3 is 30.6 Å². The zero-order valence-electron chi connectivity index (χ0n) is 19.3. The number of likely N-dealkylation sites (tertiary alicyclic amines) is 1. The lowest BCUT2D eigenvalue weighted by molar-refractivity contribution is -0.169. The van der Waals surface area contributed by atoms with Gasteiger partial charge in [-0.15, -0.1) is 0 Å². The van der Waals surface area contributed by atoms with Crippen LogP contribution in [0.1, 0.15) is 62.5 Å². The smallest absolute Gasteiger partial charge is 0.335 e. The average Bonchev–Trinajstić information content (AvgIpc) is 2.76. The Morgan fingerprint density at radius 2 is 1.65 bits per heavy atom. The molecule has 2 saturated carbocycles. The Morgan fingerprint density at radius 1 is 1.00 bits per heavy atom. The first-order valence-corrected chi connectivity index (χ1v) is 12.2.